The van der Waals surface area contributed by atoms with Crippen LogP contribution in [0.1, 0.15) is 18.4 Å². The summed E-state index contributed by atoms with van der Waals surface area (Å²) in [4.78, 5) is 4.55. The number of benzene rings is 2. The van der Waals surface area contributed by atoms with Crippen molar-refractivity contribution >= 4 is 5.71 Å². The maximum Gasteiger partial charge on any atom is 0.134 e. The predicted molar refractivity (Wildman–Crippen MR) is 96.8 cm³/mol. The summed E-state index contributed by atoms with van der Waals surface area (Å²) in [5.41, 5.74) is 4.56. The van der Waals surface area contributed by atoms with Gasteiger partial charge in [-0.15, -0.1) is 0 Å². The van der Waals surface area contributed by atoms with Crippen LogP contribution >= 0.6 is 0 Å². The smallest absolute Gasteiger partial charge is 0.134 e. The van der Waals surface area contributed by atoms with Crippen LogP contribution in [0, 0.1) is 0 Å². The Morgan fingerprint density at radius 1 is 0.792 bits per heavy atom. The van der Waals surface area contributed by atoms with Crippen LogP contribution in [-0.2, 0) is 0 Å². The summed E-state index contributed by atoms with van der Waals surface area (Å²) < 4.78 is 11.2. The lowest BCUT2D eigenvalue weighted by molar-refractivity contribution is 0.415. The van der Waals surface area contributed by atoms with E-state index in [9.17, 15) is 0 Å². The fourth-order valence-corrected chi connectivity index (χ4v) is 3.01. The monoisotopic (exact) mass is 317 g/mol. The summed E-state index contributed by atoms with van der Waals surface area (Å²) in [7, 11) is 1.67. The van der Waals surface area contributed by atoms with Gasteiger partial charge in [0.25, 0.3) is 0 Å². The lowest BCUT2D eigenvalue weighted by Crippen LogP contribution is -1.95. The summed E-state index contributed by atoms with van der Waals surface area (Å²) in [5.74, 6) is 2.58. The molecule has 0 bridgehead atoms. The van der Waals surface area contributed by atoms with Gasteiger partial charge in [-0.05, 0) is 54.8 Å². The minimum absolute atomic E-state index is 0.843. The van der Waals surface area contributed by atoms with E-state index >= 15 is 0 Å². The first-order valence-corrected chi connectivity index (χ1v) is 8.22. The van der Waals surface area contributed by atoms with Gasteiger partial charge in [-0.1, -0.05) is 24.3 Å². The molecule has 4 rings (SSSR count). The highest BCUT2D eigenvalue weighted by molar-refractivity contribution is 6.01. The van der Waals surface area contributed by atoms with Crippen LogP contribution in [0.5, 0.6) is 5.75 Å². The lowest BCUT2D eigenvalue weighted by atomic mass is 10.0. The fourth-order valence-electron chi connectivity index (χ4n) is 3.01. The van der Waals surface area contributed by atoms with Gasteiger partial charge in [-0.2, -0.15) is 0 Å². The molecule has 0 fully saturated rings. The molecule has 24 heavy (non-hydrogen) atoms. The number of nitrogens with zero attached hydrogens (tertiary/aromatic N) is 1. The van der Waals surface area contributed by atoms with Gasteiger partial charge in [-0.25, -0.2) is 0 Å². The van der Waals surface area contributed by atoms with Crippen LogP contribution < -0.4 is 4.74 Å². The highest BCUT2D eigenvalue weighted by Crippen LogP contribution is 2.30. The summed E-state index contributed by atoms with van der Waals surface area (Å²) in [6, 6.07) is 20.4. The van der Waals surface area contributed by atoms with E-state index in [4.69, 9.17) is 9.15 Å². The quantitative estimate of drug-likeness (QED) is 0.662. The van der Waals surface area contributed by atoms with Gasteiger partial charge in [0.15, 0.2) is 0 Å². The van der Waals surface area contributed by atoms with E-state index in [0.717, 1.165) is 41.4 Å². The Hall–Kier alpha value is -2.81. The Balaban J connectivity index is 1.57. The van der Waals surface area contributed by atoms with Crippen molar-refractivity contribution in [2.45, 2.75) is 12.8 Å². The molecule has 0 spiro atoms. The summed E-state index contributed by atoms with van der Waals surface area (Å²) in [6.45, 7) is 0.959. The Morgan fingerprint density at radius 3 is 1.92 bits per heavy atom. The second-order valence-electron chi connectivity index (χ2n) is 5.90. The van der Waals surface area contributed by atoms with E-state index in [1.807, 2.05) is 36.4 Å². The first-order valence-electron chi connectivity index (χ1n) is 8.22. The lowest BCUT2D eigenvalue weighted by Gasteiger charge is -2.03. The maximum absolute atomic E-state index is 6.02. The normalized spacial score (nSPS) is 13.8. The average molecular weight is 317 g/mol. The van der Waals surface area contributed by atoms with Crippen molar-refractivity contribution in [2.75, 3.05) is 13.7 Å². The van der Waals surface area contributed by atoms with Gasteiger partial charge in [-0.3, -0.25) is 4.99 Å². The second kappa shape index (κ2) is 6.36. The molecule has 0 amide bonds. The third-order valence-electron chi connectivity index (χ3n) is 4.36. The van der Waals surface area contributed by atoms with E-state index in [1.54, 1.807) is 7.11 Å². The molecule has 1 aliphatic heterocycles. The summed E-state index contributed by atoms with van der Waals surface area (Å²) >= 11 is 0. The van der Waals surface area contributed by atoms with Crippen molar-refractivity contribution in [3.8, 4) is 28.4 Å². The number of aliphatic imine (C=N–C) groups is 1. The zero-order chi connectivity index (χ0) is 16.4. The standard InChI is InChI=1S/C21H19NO2/c1-23-18-10-8-17(9-11-18)21-13-12-20(24-21)16-6-4-15(5-7-16)19-3-2-14-22-19/h4-13H,2-3,14H2,1H3. The van der Waals surface area contributed by atoms with E-state index in [2.05, 4.69) is 29.3 Å². The summed E-state index contributed by atoms with van der Waals surface area (Å²) in [6.07, 6.45) is 2.25. The molecular weight excluding hydrogens is 298 g/mol. The third kappa shape index (κ3) is 2.85. The van der Waals surface area contributed by atoms with Crippen LogP contribution in [-0.4, -0.2) is 19.4 Å². The molecule has 1 aromatic heterocycles. The van der Waals surface area contributed by atoms with E-state index in [-0.39, 0.29) is 0 Å². The highest BCUT2D eigenvalue weighted by Gasteiger charge is 2.10. The average Bonchev–Trinajstić information content (AvgIpc) is 3.34. The molecule has 0 saturated carbocycles. The molecule has 120 valence electrons. The van der Waals surface area contributed by atoms with Crippen LogP contribution in [0.25, 0.3) is 22.6 Å². The number of methoxy groups -OCH3 is 1. The molecule has 3 aromatic rings. The Kier molecular flexibility index (Phi) is 3.91. The molecule has 0 radical (unpaired) electrons. The van der Waals surface area contributed by atoms with Gasteiger partial charge in [0.2, 0.25) is 0 Å². The Morgan fingerprint density at radius 2 is 1.38 bits per heavy atom. The van der Waals surface area contributed by atoms with Crippen LogP contribution in [0.4, 0.5) is 0 Å². The molecule has 1 aliphatic rings. The van der Waals surface area contributed by atoms with Gasteiger partial charge >= 0.3 is 0 Å². The first kappa shape index (κ1) is 14.8. The maximum atomic E-state index is 6.02. The molecule has 0 N–H and O–H groups in total. The molecule has 3 nitrogen and oxygen atoms in total. The first-order chi connectivity index (χ1) is 11.8. The van der Waals surface area contributed by atoms with Crippen LogP contribution in [0.15, 0.2) is 70.1 Å². The molecule has 3 heteroatoms. The SMILES string of the molecule is COc1ccc(-c2ccc(-c3ccc(C4=NCCC4)cc3)o2)cc1. The number of hydrogen-bond acceptors (Lipinski definition) is 3. The molecule has 2 aromatic carbocycles. The minimum Gasteiger partial charge on any atom is -0.497 e. The van der Waals surface area contributed by atoms with Crippen molar-refractivity contribution < 1.29 is 9.15 Å². The minimum atomic E-state index is 0.843. The van der Waals surface area contributed by atoms with E-state index in [1.165, 1.54) is 17.7 Å². The van der Waals surface area contributed by atoms with E-state index < -0.39 is 0 Å². The molecule has 0 unspecified atom stereocenters. The van der Waals surface area contributed by atoms with Gasteiger partial charge in [0, 0.05) is 23.4 Å². The predicted octanol–water partition coefficient (Wildman–Crippen LogP) is 5.21. The molecule has 2 heterocycles. The number of furan rings is 1. The van der Waals surface area contributed by atoms with Crippen LogP contribution in [0.3, 0.4) is 0 Å². The van der Waals surface area contributed by atoms with Crippen molar-refractivity contribution in [1.29, 1.82) is 0 Å². The summed E-state index contributed by atoms with van der Waals surface area (Å²) in [5, 5.41) is 0. The number of hydrogen-bond donors (Lipinski definition) is 0. The van der Waals surface area contributed by atoms with Crippen molar-refractivity contribution in [3.63, 3.8) is 0 Å². The number of ether oxygens (including phenoxy) is 1. The highest BCUT2D eigenvalue weighted by atomic mass is 16.5. The second-order valence-corrected chi connectivity index (χ2v) is 5.90. The molecule has 0 aliphatic carbocycles. The largest absolute Gasteiger partial charge is 0.497 e. The zero-order valence-electron chi connectivity index (χ0n) is 13.7. The van der Waals surface area contributed by atoms with Gasteiger partial charge in [0.05, 0.1) is 7.11 Å². The van der Waals surface area contributed by atoms with E-state index in [0.29, 0.717) is 0 Å². The number of rotatable bonds is 4. The third-order valence-corrected chi connectivity index (χ3v) is 4.36. The van der Waals surface area contributed by atoms with Crippen molar-refractivity contribution in [3.05, 3.63) is 66.2 Å². The van der Waals surface area contributed by atoms with Crippen molar-refractivity contribution in [1.82, 2.24) is 0 Å². The topological polar surface area (TPSA) is 34.7 Å². The molecular formula is C21H19NO2. The fraction of sp³-hybridized carbons (Fsp3) is 0.190. The van der Waals surface area contributed by atoms with Crippen LogP contribution in [0.2, 0.25) is 0 Å². The Bertz CT molecular complexity index is 858. The van der Waals surface area contributed by atoms with Gasteiger partial charge in [0.1, 0.15) is 17.3 Å². The zero-order valence-corrected chi connectivity index (χ0v) is 13.7. The Labute approximate surface area is 141 Å². The van der Waals surface area contributed by atoms with Crippen molar-refractivity contribution in [2.24, 2.45) is 4.99 Å². The van der Waals surface area contributed by atoms with Gasteiger partial charge < -0.3 is 9.15 Å². The molecule has 0 atom stereocenters. The molecule has 0 saturated heterocycles.